The van der Waals surface area contributed by atoms with E-state index in [-0.39, 0.29) is 37.7 Å². The first kappa shape index (κ1) is 23.6. The molecule has 0 aliphatic heterocycles. The number of nitrogens with two attached hydrogens (primary N) is 1. The van der Waals surface area contributed by atoms with E-state index in [0.717, 1.165) is 20.5 Å². The Bertz CT molecular complexity index is 1410. The predicted octanol–water partition coefficient (Wildman–Crippen LogP) is 0.652. The molecular weight excluding hydrogens is 452 g/mol. The van der Waals surface area contributed by atoms with Gasteiger partial charge in [0.2, 0.25) is 5.82 Å². The fraction of sp³-hybridized carbons (Fsp3) is 0.217. The van der Waals surface area contributed by atoms with Crippen molar-refractivity contribution in [3.8, 4) is 11.4 Å². The van der Waals surface area contributed by atoms with Gasteiger partial charge >= 0.3 is 5.69 Å². The number of ether oxygens (including phenoxy) is 1. The minimum Gasteiger partial charge on any atom is -0.383 e. The number of methoxy groups -OCH3 is 1. The lowest BCUT2D eigenvalue weighted by Crippen LogP contribution is -2.42. The van der Waals surface area contributed by atoms with Gasteiger partial charge in [0.1, 0.15) is 12.4 Å². The van der Waals surface area contributed by atoms with Crippen LogP contribution in [-0.4, -0.2) is 49.4 Å². The van der Waals surface area contributed by atoms with Gasteiger partial charge in [0.05, 0.1) is 19.7 Å². The number of anilines is 2. The molecule has 0 aliphatic rings. The zero-order valence-corrected chi connectivity index (χ0v) is 19.0. The average molecular weight is 476 g/mol. The Labute approximate surface area is 199 Å². The fourth-order valence-electron chi connectivity index (χ4n) is 3.52. The van der Waals surface area contributed by atoms with Crippen LogP contribution >= 0.6 is 0 Å². The summed E-state index contributed by atoms with van der Waals surface area (Å²) >= 11 is 0. The van der Waals surface area contributed by atoms with E-state index < -0.39 is 17.2 Å². The molecule has 0 bridgehead atoms. The SMILES string of the molecule is COCCn1c(N)c(N(Cc2ccccc2)C(=O)Cn2nnc(-c3ccccc3)n2)c(=O)[nH]c1=O. The van der Waals surface area contributed by atoms with Crippen molar-refractivity contribution in [1.82, 2.24) is 29.8 Å². The maximum atomic E-state index is 13.5. The number of carbonyl (C=O) groups is 1. The predicted molar refractivity (Wildman–Crippen MR) is 128 cm³/mol. The van der Waals surface area contributed by atoms with Gasteiger partial charge in [-0.3, -0.25) is 24.0 Å². The fourth-order valence-corrected chi connectivity index (χ4v) is 3.52. The molecule has 1 amide bonds. The standard InChI is InChI=1S/C23H24N8O4/c1-35-13-12-29-20(24)19(22(33)25-23(29)34)30(14-16-8-4-2-5-9-16)18(32)15-31-27-21(26-28-31)17-10-6-3-7-11-17/h2-11H,12-15,24H2,1H3,(H,25,33,34). The maximum Gasteiger partial charge on any atom is 0.330 e. The lowest BCUT2D eigenvalue weighted by molar-refractivity contribution is -0.119. The summed E-state index contributed by atoms with van der Waals surface area (Å²) in [5.74, 6) is -0.296. The molecule has 2 aromatic heterocycles. The molecule has 0 unspecified atom stereocenters. The molecule has 35 heavy (non-hydrogen) atoms. The highest BCUT2D eigenvalue weighted by molar-refractivity contribution is 5.95. The van der Waals surface area contributed by atoms with E-state index in [1.807, 2.05) is 60.7 Å². The van der Waals surface area contributed by atoms with Crippen molar-refractivity contribution >= 4 is 17.4 Å². The summed E-state index contributed by atoms with van der Waals surface area (Å²) in [4.78, 5) is 43.2. The summed E-state index contributed by atoms with van der Waals surface area (Å²) in [5.41, 5.74) is 6.13. The van der Waals surface area contributed by atoms with Gasteiger partial charge < -0.3 is 10.5 Å². The Morgan fingerprint density at radius 2 is 1.77 bits per heavy atom. The third-order valence-electron chi connectivity index (χ3n) is 5.25. The zero-order chi connectivity index (χ0) is 24.8. The summed E-state index contributed by atoms with van der Waals surface area (Å²) in [6, 6.07) is 18.3. The Hall–Kier alpha value is -4.58. The maximum absolute atomic E-state index is 13.5. The van der Waals surface area contributed by atoms with E-state index in [4.69, 9.17) is 10.5 Å². The van der Waals surface area contributed by atoms with E-state index in [1.165, 1.54) is 12.0 Å². The number of nitrogen functional groups attached to an aromatic ring is 1. The van der Waals surface area contributed by atoms with Gasteiger partial charge in [-0.2, -0.15) is 4.80 Å². The number of aromatic amines is 1. The van der Waals surface area contributed by atoms with Crippen LogP contribution in [0.5, 0.6) is 0 Å². The molecule has 0 saturated carbocycles. The molecule has 0 fully saturated rings. The minimum atomic E-state index is -0.776. The highest BCUT2D eigenvalue weighted by Crippen LogP contribution is 2.20. The molecule has 0 aliphatic carbocycles. The number of amides is 1. The number of aromatic nitrogens is 6. The number of tetrazole rings is 1. The summed E-state index contributed by atoms with van der Waals surface area (Å²) in [5, 5.41) is 12.3. The van der Waals surface area contributed by atoms with E-state index in [2.05, 4.69) is 20.4 Å². The molecule has 12 nitrogen and oxygen atoms in total. The number of benzene rings is 2. The van der Waals surface area contributed by atoms with Gasteiger partial charge in [0, 0.05) is 12.7 Å². The largest absolute Gasteiger partial charge is 0.383 e. The second-order valence-electron chi connectivity index (χ2n) is 7.61. The topological polar surface area (TPSA) is 154 Å². The van der Waals surface area contributed by atoms with Crippen LogP contribution in [-0.2, 0) is 29.2 Å². The van der Waals surface area contributed by atoms with E-state index in [9.17, 15) is 14.4 Å². The Morgan fingerprint density at radius 1 is 1.09 bits per heavy atom. The number of hydrogen-bond acceptors (Lipinski definition) is 8. The Kier molecular flexibility index (Phi) is 7.12. The quantitative estimate of drug-likeness (QED) is 0.357. The van der Waals surface area contributed by atoms with Crippen LogP contribution in [0.1, 0.15) is 5.56 Å². The van der Waals surface area contributed by atoms with E-state index >= 15 is 0 Å². The molecule has 0 atom stereocenters. The normalized spacial score (nSPS) is 10.9. The minimum absolute atomic E-state index is 0.0374. The third-order valence-corrected chi connectivity index (χ3v) is 5.25. The van der Waals surface area contributed by atoms with Gasteiger partial charge in [0.15, 0.2) is 5.69 Å². The summed E-state index contributed by atoms with van der Waals surface area (Å²) in [6.07, 6.45) is 0. The smallest absolute Gasteiger partial charge is 0.330 e. The Morgan fingerprint density at radius 3 is 2.46 bits per heavy atom. The van der Waals surface area contributed by atoms with Crippen LogP contribution in [0.3, 0.4) is 0 Å². The molecule has 3 N–H and O–H groups in total. The summed E-state index contributed by atoms with van der Waals surface area (Å²) in [7, 11) is 1.48. The second kappa shape index (κ2) is 10.6. The lowest BCUT2D eigenvalue weighted by Gasteiger charge is -2.24. The first-order valence-corrected chi connectivity index (χ1v) is 10.8. The van der Waals surface area contributed by atoms with E-state index in [1.54, 1.807) is 0 Å². The molecule has 180 valence electrons. The number of nitrogens with one attached hydrogen (secondary N) is 1. The zero-order valence-electron chi connectivity index (χ0n) is 19.0. The molecule has 2 heterocycles. The van der Waals surface area contributed by atoms with E-state index in [0.29, 0.717) is 5.82 Å². The van der Waals surface area contributed by atoms with Crippen molar-refractivity contribution in [2.45, 2.75) is 19.6 Å². The van der Waals surface area contributed by atoms with Crippen LogP contribution in [0.25, 0.3) is 11.4 Å². The molecule has 0 radical (unpaired) electrons. The second-order valence-corrected chi connectivity index (χ2v) is 7.61. The third kappa shape index (κ3) is 5.33. The van der Waals surface area contributed by atoms with Crippen LogP contribution < -0.4 is 21.9 Å². The van der Waals surface area contributed by atoms with Gasteiger partial charge in [-0.15, -0.1) is 10.2 Å². The molecule has 4 rings (SSSR count). The van der Waals surface area contributed by atoms with Gasteiger partial charge in [-0.25, -0.2) is 4.79 Å². The van der Waals surface area contributed by atoms with Crippen molar-refractivity contribution in [3.63, 3.8) is 0 Å². The summed E-state index contributed by atoms with van der Waals surface area (Å²) < 4.78 is 6.19. The number of nitrogens with zero attached hydrogens (tertiary/aromatic N) is 6. The number of hydrogen-bond donors (Lipinski definition) is 2. The first-order valence-electron chi connectivity index (χ1n) is 10.8. The van der Waals surface area contributed by atoms with Crippen LogP contribution in [0, 0.1) is 0 Å². The monoisotopic (exact) mass is 476 g/mol. The average Bonchev–Trinajstić information content (AvgIpc) is 3.33. The van der Waals surface area contributed by atoms with Gasteiger partial charge in [0.25, 0.3) is 11.5 Å². The number of carbonyl (C=O) groups excluding carboxylic acids is 1. The Balaban J connectivity index is 1.70. The molecular formula is C23H24N8O4. The van der Waals surface area contributed by atoms with Gasteiger partial charge in [-0.1, -0.05) is 60.7 Å². The van der Waals surface area contributed by atoms with Crippen molar-refractivity contribution in [3.05, 3.63) is 87.1 Å². The number of rotatable bonds is 9. The molecule has 0 spiro atoms. The van der Waals surface area contributed by atoms with Crippen LogP contribution in [0.4, 0.5) is 11.5 Å². The first-order chi connectivity index (χ1) is 17.0. The molecule has 2 aromatic carbocycles. The van der Waals surface area contributed by atoms with Crippen molar-refractivity contribution in [2.24, 2.45) is 0 Å². The summed E-state index contributed by atoms with van der Waals surface area (Å²) in [6.45, 7) is 0.0230. The number of H-pyrrole nitrogens is 1. The molecule has 0 saturated heterocycles. The van der Waals surface area contributed by atoms with Crippen LogP contribution in [0.2, 0.25) is 0 Å². The van der Waals surface area contributed by atoms with Gasteiger partial charge in [-0.05, 0) is 10.8 Å². The molecule has 12 heteroatoms. The van der Waals surface area contributed by atoms with Crippen molar-refractivity contribution in [2.75, 3.05) is 24.4 Å². The highest BCUT2D eigenvalue weighted by atomic mass is 16.5. The van der Waals surface area contributed by atoms with Crippen molar-refractivity contribution in [1.29, 1.82) is 0 Å². The molecule has 4 aromatic rings. The lowest BCUT2D eigenvalue weighted by atomic mass is 10.2. The van der Waals surface area contributed by atoms with Crippen molar-refractivity contribution < 1.29 is 9.53 Å². The highest BCUT2D eigenvalue weighted by Gasteiger charge is 2.25. The van der Waals surface area contributed by atoms with Crippen LogP contribution in [0.15, 0.2) is 70.3 Å².